The Labute approximate surface area is 185 Å². The van der Waals surface area contributed by atoms with Gasteiger partial charge in [0, 0.05) is 50.0 Å². The highest BCUT2D eigenvalue weighted by molar-refractivity contribution is 5.93. The Bertz CT molecular complexity index is 1140. The molecule has 4 rings (SSSR count). The highest BCUT2D eigenvalue weighted by Gasteiger charge is 2.24. The number of amides is 1. The van der Waals surface area contributed by atoms with E-state index in [9.17, 15) is 14.4 Å². The first kappa shape index (κ1) is 21.5. The van der Waals surface area contributed by atoms with Gasteiger partial charge in [0.1, 0.15) is 17.7 Å². The largest absolute Gasteiger partial charge is 0.338 e. The molecule has 2 aromatic heterocycles. The van der Waals surface area contributed by atoms with Crippen molar-refractivity contribution in [3.05, 3.63) is 65.4 Å². The van der Waals surface area contributed by atoms with Gasteiger partial charge in [-0.3, -0.25) is 14.3 Å². The fourth-order valence-corrected chi connectivity index (χ4v) is 3.91. The monoisotopic (exact) mass is 433 g/mol. The van der Waals surface area contributed by atoms with Crippen molar-refractivity contribution in [1.82, 2.24) is 19.4 Å². The van der Waals surface area contributed by atoms with Gasteiger partial charge in [0.2, 0.25) is 11.9 Å². The van der Waals surface area contributed by atoms with Crippen LogP contribution in [-0.4, -0.2) is 58.1 Å². The van der Waals surface area contributed by atoms with Crippen molar-refractivity contribution in [1.29, 1.82) is 5.26 Å². The molecule has 1 aliphatic rings. The first-order valence-corrected chi connectivity index (χ1v) is 10.4. The van der Waals surface area contributed by atoms with Crippen molar-refractivity contribution in [2.75, 3.05) is 42.9 Å². The normalized spacial score (nSPS) is 14.2. The lowest BCUT2D eigenvalue weighted by Crippen LogP contribution is -2.49. The number of hydrogen-bond acceptors (Lipinski definition) is 6. The summed E-state index contributed by atoms with van der Waals surface area (Å²) in [7, 11) is 0. The van der Waals surface area contributed by atoms with Crippen molar-refractivity contribution in [2.24, 2.45) is 0 Å². The summed E-state index contributed by atoms with van der Waals surface area (Å²) < 4.78 is 15.2. The van der Waals surface area contributed by atoms with Crippen molar-refractivity contribution in [3.8, 4) is 11.8 Å². The Morgan fingerprint density at radius 2 is 1.78 bits per heavy atom. The second-order valence-corrected chi connectivity index (χ2v) is 7.72. The van der Waals surface area contributed by atoms with E-state index in [1.807, 2.05) is 13.8 Å². The molecule has 0 radical (unpaired) electrons. The maximum atomic E-state index is 13.4. The molecule has 32 heavy (non-hydrogen) atoms. The standard InChI is InChI=1S/C23H24FN7O/c1-16-17(2)31(19-6-4-18(24)5-7-19)22(20(16)14-25)28-21(32)15-29-10-12-30(13-11-29)23-26-8-3-9-27-23/h3-9H,10-13,15H2,1-2H3,(H,28,32). The number of carbonyl (C=O) groups is 1. The lowest BCUT2D eigenvalue weighted by molar-refractivity contribution is -0.117. The quantitative estimate of drug-likeness (QED) is 0.665. The number of carbonyl (C=O) groups excluding carboxylic acids is 1. The minimum atomic E-state index is -0.346. The maximum Gasteiger partial charge on any atom is 0.239 e. The minimum absolute atomic E-state index is 0.202. The van der Waals surface area contributed by atoms with E-state index in [0.29, 0.717) is 36.1 Å². The molecule has 0 bridgehead atoms. The summed E-state index contributed by atoms with van der Waals surface area (Å²) in [6.45, 7) is 6.78. The molecular weight excluding hydrogens is 409 g/mol. The first-order chi connectivity index (χ1) is 15.5. The second-order valence-electron chi connectivity index (χ2n) is 7.72. The van der Waals surface area contributed by atoms with Crippen molar-refractivity contribution >= 4 is 17.7 Å². The van der Waals surface area contributed by atoms with Gasteiger partial charge in [-0.15, -0.1) is 0 Å². The van der Waals surface area contributed by atoms with E-state index in [1.165, 1.54) is 12.1 Å². The van der Waals surface area contributed by atoms with Crippen molar-refractivity contribution in [3.63, 3.8) is 0 Å². The molecule has 1 saturated heterocycles. The number of piperazine rings is 1. The van der Waals surface area contributed by atoms with Crippen LogP contribution in [0.4, 0.5) is 16.2 Å². The van der Waals surface area contributed by atoms with Gasteiger partial charge in [0.15, 0.2) is 0 Å². The molecule has 0 atom stereocenters. The molecule has 1 N–H and O–H groups in total. The number of aromatic nitrogens is 3. The van der Waals surface area contributed by atoms with Crippen LogP contribution < -0.4 is 10.2 Å². The number of nitrogens with zero attached hydrogens (tertiary/aromatic N) is 6. The Morgan fingerprint density at radius 1 is 1.12 bits per heavy atom. The van der Waals surface area contributed by atoms with Gasteiger partial charge < -0.3 is 10.2 Å². The van der Waals surface area contributed by atoms with Crippen LogP contribution in [0.1, 0.15) is 16.8 Å². The summed E-state index contributed by atoms with van der Waals surface area (Å²) in [5, 5.41) is 12.6. The first-order valence-electron chi connectivity index (χ1n) is 10.4. The number of hydrogen-bond donors (Lipinski definition) is 1. The van der Waals surface area contributed by atoms with Gasteiger partial charge in [-0.05, 0) is 49.7 Å². The van der Waals surface area contributed by atoms with E-state index in [-0.39, 0.29) is 18.3 Å². The lowest BCUT2D eigenvalue weighted by Gasteiger charge is -2.34. The molecule has 1 fully saturated rings. The average molecular weight is 433 g/mol. The van der Waals surface area contributed by atoms with Gasteiger partial charge in [-0.25, -0.2) is 14.4 Å². The number of halogens is 1. The van der Waals surface area contributed by atoms with Crippen LogP contribution >= 0.6 is 0 Å². The van der Waals surface area contributed by atoms with Gasteiger partial charge in [0.25, 0.3) is 0 Å². The third kappa shape index (κ3) is 4.31. The molecular formula is C23H24FN7O. The van der Waals surface area contributed by atoms with Gasteiger partial charge in [0.05, 0.1) is 12.1 Å². The average Bonchev–Trinajstić information content (AvgIpc) is 3.04. The molecule has 1 aliphatic heterocycles. The zero-order valence-electron chi connectivity index (χ0n) is 18.0. The maximum absolute atomic E-state index is 13.4. The SMILES string of the molecule is Cc1c(C#N)c(NC(=O)CN2CCN(c3ncccn3)CC2)n(-c2ccc(F)cc2)c1C. The van der Waals surface area contributed by atoms with E-state index in [2.05, 4.69) is 31.2 Å². The van der Waals surface area contributed by atoms with E-state index < -0.39 is 0 Å². The third-order valence-electron chi connectivity index (χ3n) is 5.74. The van der Waals surface area contributed by atoms with Crippen molar-refractivity contribution in [2.45, 2.75) is 13.8 Å². The van der Waals surface area contributed by atoms with Crippen LogP contribution in [-0.2, 0) is 4.79 Å². The third-order valence-corrected chi connectivity index (χ3v) is 5.74. The number of rotatable bonds is 5. The molecule has 3 heterocycles. The summed E-state index contributed by atoms with van der Waals surface area (Å²) in [5.74, 6) is 0.557. The number of benzene rings is 1. The molecule has 3 aromatic rings. The van der Waals surface area contributed by atoms with Crippen molar-refractivity contribution < 1.29 is 9.18 Å². The molecule has 164 valence electrons. The van der Waals surface area contributed by atoms with Crippen LogP contribution in [0.2, 0.25) is 0 Å². The van der Waals surface area contributed by atoms with Crippen LogP contribution in [0.15, 0.2) is 42.7 Å². The van der Waals surface area contributed by atoms with Gasteiger partial charge >= 0.3 is 0 Å². The van der Waals surface area contributed by atoms with E-state index >= 15 is 0 Å². The van der Waals surface area contributed by atoms with E-state index in [1.54, 1.807) is 35.2 Å². The summed E-state index contributed by atoms with van der Waals surface area (Å²) in [6.07, 6.45) is 3.43. The highest BCUT2D eigenvalue weighted by Crippen LogP contribution is 2.30. The zero-order valence-corrected chi connectivity index (χ0v) is 18.0. The van der Waals surface area contributed by atoms with Crippen LogP contribution in [0.5, 0.6) is 0 Å². The van der Waals surface area contributed by atoms with Crippen LogP contribution in [0.25, 0.3) is 5.69 Å². The van der Waals surface area contributed by atoms with Gasteiger partial charge in [-0.2, -0.15) is 5.26 Å². The Hall–Kier alpha value is -3.77. The predicted molar refractivity (Wildman–Crippen MR) is 119 cm³/mol. The molecule has 9 heteroatoms. The Morgan fingerprint density at radius 3 is 2.41 bits per heavy atom. The molecule has 1 amide bonds. The Kier molecular flexibility index (Phi) is 6.14. The fourth-order valence-electron chi connectivity index (χ4n) is 3.91. The Balaban J connectivity index is 1.47. The van der Waals surface area contributed by atoms with Gasteiger partial charge in [-0.1, -0.05) is 0 Å². The molecule has 0 saturated carbocycles. The molecule has 0 unspecified atom stereocenters. The molecule has 8 nitrogen and oxygen atoms in total. The predicted octanol–water partition coefficient (Wildman–Crippen LogP) is 2.66. The minimum Gasteiger partial charge on any atom is -0.338 e. The summed E-state index contributed by atoms with van der Waals surface area (Å²) in [4.78, 5) is 25.6. The van der Waals surface area contributed by atoms with E-state index in [4.69, 9.17) is 0 Å². The van der Waals surface area contributed by atoms with Crippen LogP contribution in [0, 0.1) is 31.0 Å². The lowest BCUT2D eigenvalue weighted by atomic mass is 10.2. The highest BCUT2D eigenvalue weighted by atomic mass is 19.1. The zero-order chi connectivity index (χ0) is 22.7. The van der Waals surface area contributed by atoms with E-state index in [0.717, 1.165) is 24.3 Å². The number of nitrogens with one attached hydrogen (secondary N) is 1. The summed E-state index contributed by atoms with van der Waals surface area (Å²) in [5.41, 5.74) is 2.69. The second kappa shape index (κ2) is 9.16. The van der Waals surface area contributed by atoms with Crippen LogP contribution in [0.3, 0.4) is 0 Å². The molecule has 0 spiro atoms. The molecule has 0 aliphatic carbocycles. The summed E-state index contributed by atoms with van der Waals surface area (Å²) >= 11 is 0. The smallest absolute Gasteiger partial charge is 0.239 e. The summed E-state index contributed by atoms with van der Waals surface area (Å²) in [6, 6.07) is 9.95. The number of nitriles is 1. The fraction of sp³-hybridized carbons (Fsp3) is 0.304. The topological polar surface area (TPSA) is 90.1 Å². The number of anilines is 2. The molecule has 1 aromatic carbocycles.